The Morgan fingerprint density at radius 2 is 1.90 bits per heavy atom. The Bertz CT molecular complexity index is 477. The van der Waals surface area contributed by atoms with Crippen LogP contribution in [0.5, 0.6) is 5.75 Å². The van der Waals surface area contributed by atoms with Gasteiger partial charge in [0.15, 0.2) is 0 Å². The highest BCUT2D eigenvalue weighted by atomic mass is 16.5. The SMILES string of the molecule is CCCCNC1CC(CC)(CC)Oc2cc(C)cc(C)c21. The number of fused-ring (bicyclic) bond motifs is 1. The Hall–Kier alpha value is -1.02. The average Bonchev–Trinajstić information content (AvgIpc) is 2.46. The fraction of sp³-hybridized carbons (Fsp3) is 0.684. The van der Waals surface area contributed by atoms with E-state index < -0.39 is 0 Å². The van der Waals surface area contributed by atoms with E-state index in [0.717, 1.165) is 31.6 Å². The smallest absolute Gasteiger partial charge is 0.125 e. The van der Waals surface area contributed by atoms with Crippen molar-refractivity contribution in [1.29, 1.82) is 0 Å². The second-order valence-corrected chi connectivity index (χ2v) is 6.55. The molecule has 1 unspecified atom stereocenters. The Labute approximate surface area is 130 Å². The van der Waals surface area contributed by atoms with Gasteiger partial charge in [0, 0.05) is 18.0 Å². The highest BCUT2D eigenvalue weighted by Crippen LogP contribution is 2.44. The van der Waals surface area contributed by atoms with Gasteiger partial charge in [-0.1, -0.05) is 33.3 Å². The van der Waals surface area contributed by atoms with E-state index in [0.29, 0.717) is 6.04 Å². The van der Waals surface area contributed by atoms with Crippen molar-refractivity contribution < 1.29 is 4.74 Å². The Morgan fingerprint density at radius 3 is 2.52 bits per heavy atom. The van der Waals surface area contributed by atoms with Crippen LogP contribution in [0.1, 0.15) is 75.6 Å². The number of ether oxygens (including phenoxy) is 1. The van der Waals surface area contributed by atoms with Gasteiger partial charge in [-0.3, -0.25) is 0 Å². The van der Waals surface area contributed by atoms with Crippen LogP contribution in [-0.2, 0) is 0 Å². The maximum atomic E-state index is 6.48. The molecule has 1 atom stereocenters. The standard InChI is InChI=1S/C19H31NO/c1-6-9-10-20-16-13-19(7-2,8-3)21-17-12-14(4)11-15(5)18(16)17/h11-12,16,20H,6-10,13H2,1-5H3. The summed E-state index contributed by atoms with van der Waals surface area (Å²) in [6.45, 7) is 12.2. The second kappa shape index (κ2) is 6.83. The van der Waals surface area contributed by atoms with Crippen molar-refractivity contribution in [2.45, 2.75) is 78.4 Å². The van der Waals surface area contributed by atoms with Crippen LogP contribution in [0.4, 0.5) is 0 Å². The molecule has 0 saturated heterocycles. The van der Waals surface area contributed by atoms with E-state index in [1.165, 1.54) is 29.5 Å². The summed E-state index contributed by atoms with van der Waals surface area (Å²) in [5, 5.41) is 3.78. The first-order chi connectivity index (χ1) is 10.0. The maximum absolute atomic E-state index is 6.48. The number of unbranched alkanes of at least 4 members (excludes halogenated alkanes) is 1. The van der Waals surface area contributed by atoms with Crippen molar-refractivity contribution in [3.8, 4) is 5.75 Å². The van der Waals surface area contributed by atoms with Crippen molar-refractivity contribution in [3.05, 3.63) is 28.8 Å². The monoisotopic (exact) mass is 289 g/mol. The minimum atomic E-state index is -0.00286. The number of rotatable bonds is 6. The van der Waals surface area contributed by atoms with Gasteiger partial charge in [0.2, 0.25) is 0 Å². The molecule has 21 heavy (non-hydrogen) atoms. The number of hydrogen-bond acceptors (Lipinski definition) is 2. The van der Waals surface area contributed by atoms with E-state index >= 15 is 0 Å². The van der Waals surface area contributed by atoms with Crippen molar-refractivity contribution >= 4 is 0 Å². The van der Waals surface area contributed by atoms with Gasteiger partial charge in [0.05, 0.1) is 0 Å². The summed E-state index contributed by atoms with van der Waals surface area (Å²) >= 11 is 0. The lowest BCUT2D eigenvalue weighted by molar-refractivity contribution is 0.0225. The number of aryl methyl sites for hydroxylation is 2. The molecule has 2 rings (SSSR count). The van der Waals surface area contributed by atoms with Crippen LogP contribution in [0.2, 0.25) is 0 Å². The summed E-state index contributed by atoms with van der Waals surface area (Å²) in [7, 11) is 0. The fourth-order valence-electron chi connectivity index (χ4n) is 3.53. The average molecular weight is 289 g/mol. The third-order valence-electron chi connectivity index (χ3n) is 4.95. The topological polar surface area (TPSA) is 21.3 Å². The molecule has 0 radical (unpaired) electrons. The van der Waals surface area contributed by atoms with Crippen LogP contribution in [0, 0.1) is 13.8 Å². The Kier molecular flexibility index (Phi) is 5.32. The minimum Gasteiger partial charge on any atom is -0.487 e. The molecule has 1 aromatic carbocycles. The largest absolute Gasteiger partial charge is 0.487 e. The lowest BCUT2D eigenvalue weighted by Crippen LogP contribution is -2.43. The number of nitrogens with one attached hydrogen (secondary N) is 1. The first-order valence-electron chi connectivity index (χ1n) is 8.58. The lowest BCUT2D eigenvalue weighted by atomic mass is 9.81. The third-order valence-corrected chi connectivity index (χ3v) is 4.95. The molecule has 118 valence electrons. The summed E-state index contributed by atoms with van der Waals surface area (Å²) in [4.78, 5) is 0. The summed E-state index contributed by atoms with van der Waals surface area (Å²) in [5.41, 5.74) is 4.03. The third kappa shape index (κ3) is 3.42. The predicted octanol–water partition coefficient (Wildman–Crippen LogP) is 5.08. The molecule has 0 saturated carbocycles. The van der Waals surface area contributed by atoms with Gasteiger partial charge < -0.3 is 10.1 Å². The van der Waals surface area contributed by atoms with Crippen molar-refractivity contribution in [2.75, 3.05) is 6.54 Å². The van der Waals surface area contributed by atoms with E-state index in [2.05, 4.69) is 52.1 Å². The summed E-state index contributed by atoms with van der Waals surface area (Å²) in [5.74, 6) is 1.11. The summed E-state index contributed by atoms with van der Waals surface area (Å²) in [6, 6.07) is 4.93. The van der Waals surface area contributed by atoms with Gasteiger partial charge in [-0.2, -0.15) is 0 Å². The Morgan fingerprint density at radius 1 is 1.19 bits per heavy atom. The summed E-state index contributed by atoms with van der Waals surface area (Å²) < 4.78 is 6.48. The zero-order valence-corrected chi connectivity index (χ0v) is 14.4. The van der Waals surface area contributed by atoms with Gasteiger partial charge >= 0.3 is 0 Å². The molecule has 0 aromatic heterocycles. The normalized spacial score (nSPS) is 20.0. The molecule has 1 aliphatic rings. The van der Waals surface area contributed by atoms with Gasteiger partial charge in [0.1, 0.15) is 11.4 Å². The number of benzene rings is 1. The fourth-order valence-corrected chi connectivity index (χ4v) is 3.53. The molecule has 2 nitrogen and oxygen atoms in total. The molecule has 1 N–H and O–H groups in total. The van der Waals surface area contributed by atoms with Gasteiger partial charge in [-0.05, 0) is 56.8 Å². The predicted molar refractivity (Wildman–Crippen MR) is 90.1 cm³/mol. The van der Waals surface area contributed by atoms with Crippen LogP contribution in [0.25, 0.3) is 0 Å². The molecule has 2 heteroatoms. The van der Waals surface area contributed by atoms with E-state index in [1.54, 1.807) is 0 Å². The molecule has 0 aliphatic carbocycles. The second-order valence-electron chi connectivity index (χ2n) is 6.55. The Balaban J connectivity index is 2.36. The molecular formula is C19H31NO. The first-order valence-corrected chi connectivity index (χ1v) is 8.58. The van der Waals surface area contributed by atoms with Crippen LogP contribution in [0.3, 0.4) is 0 Å². The lowest BCUT2D eigenvalue weighted by Gasteiger charge is -2.42. The van der Waals surface area contributed by atoms with Crippen molar-refractivity contribution in [1.82, 2.24) is 5.32 Å². The summed E-state index contributed by atoms with van der Waals surface area (Å²) in [6.07, 6.45) is 5.70. The molecule has 0 spiro atoms. The molecular weight excluding hydrogens is 258 g/mol. The van der Waals surface area contributed by atoms with E-state index in [1.807, 2.05) is 0 Å². The van der Waals surface area contributed by atoms with E-state index in [9.17, 15) is 0 Å². The number of hydrogen-bond donors (Lipinski definition) is 1. The van der Waals surface area contributed by atoms with Gasteiger partial charge in [-0.25, -0.2) is 0 Å². The van der Waals surface area contributed by atoms with E-state index in [4.69, 9.17) is 4.74 Å². The minimum absolute atomic E-state index is 0.00286. The van der Waals surface area contributed by atoms with Crippen LogP contribution in [0.15, 0.2) is 12.1 Å². The quantitative estimate of drug-likeness (QED) is 0.738. The highest BCUT2D eigenvalue weighted by molar-refractivity contribution is 5.47. The zero-order valence-electron chi connectivity index (χ0n) is 14.4. The molecule has 0 amide bonds. The van der Waals surface area contributed by atoms with Crippen LogP contribution < -0.4 is 10.1 Å². The van der Waals surface area contributed by atoms with E-state index in [-0.39, 0.29) is 5.60 Å². The molecule has 1 aliphatic heterocycles. The molecule has 1 aromatic rings. The highest BCUT2D eigenvalue weighted by Gasteiger charge is 2.38. The zero-order chi connectivity index (χ0) is 15.5. The maximum Gasteiger partial charge on any atom is 0.125 e. The van der Waals surface area contributed by atoms with Crippen LogP contribution in [-0.4, -0.2) is 12.1 Å². The van der Waals surface area contributed by atoms with Gasteiger partial charge in [0.25, 0.3) is 0 Å². The molecule has 1 heterocycles. The first kappa shape index (κ1) is 16.4. The molecule has 0 bridgehead atoms. The van der Waals surface area contributed by atoms with Crippen molar-refractivity contribution in [2.24, 2.45) is 0 Å². The van der Waals surface area contributed by atoms with Crippen molar-refractivity contribution in [3.63, 3.8) is 0 Å². The molecule has 0 fully saturated rings. The van der Waals surface area contributed by atoms with Crippen LogP contribution >= 0.6 is 0 Å². The van der Waals surface area contributed by atoms with Gasteiger partial charge in [-0.15, -0.1) is 0 Å².